The Morgan fingerprint density at radius 3 is 2.95 bits per heavy atom. The minimum absolute atomic E-state index is 0.0477. The Hall–Kier alpha value is -0.820. The first kappa shape index (κ1) is 14.6. The molecule has 0 aliphatic carbocycles. The van der Waals surface area contributed by atoms with E-state index in [9.17, 15) is 8.42 Å². The van der Waals surface area contributed by atoms with Gasteiger partial charge in [-0.25, -0.2) is 13.1 Å². The standard InChI is InChI=1S/C12H17ClN2O3S/c1-18-10-4-5-11(13)12(7-10)19(16,17)15-8-9-3-2-6-14-9/h4-5,7,9,14-15H,2-3,6,8H2,1H3. The fourth-order valence-electron chi connectivity index (χ4n) is 2.04. The third kappa shape index (κ3) is 3.60. The van der Waals surface area contributed by atoms with E-state index in [-0.39, 0.29) is 16.0 Å². The Morgan fingerprint density at radius 1 is 1.53 bits per heavy atom. The van der Waals surface area contributed by atoms with E-state index in [2.05, 4.69) is 10.0 Å². The third-order valence-electron chi connectivity index (χ3n) is 3.11. The highest BCUT2D eigenvalue weighted by molar-refractivity contribution is 7.89. The normalized spacial score (nSPS) is 19.6. The number of ether oxygens (including phenoxy) is 1. The van der Waals surface area contributed by atoms with Crippen molar-refractivity contribution in [3.05, 3.63) is 23.2 Å². The molecule has 19 heavy (non-hydrogen) atoms. The van der Waals surface area contributed by atoms with E-state index in [1.165, 1.54) is 19.2 Å². The highest BCUT2D eigenvalue weighted by atomic mass is 35.5. The van der Waals surface area contributed by atoms with E-state index in [0.29, 0.717) is 12.3 Å². The first-order chi connectivity index (χ1) is 9.03. The second-order valence-electron chi connectivity index (χ2n) is 4.44. The Balaban J connectivity index is 2.13. The maximum Gasteiger partial charge on any atom is 0.242 e. The second kappa shape index (κ2) is 6.09. The van der Waals surface area contributed by atoms with Crippen molar-refractivity contribution in [2.24, 2.45) is 0 Å². The lowest BCUT2D eigenvalue weighted by Crippen LogP contribution is -2.37. The third-order valence-corrected chi connectivity index (χ3v) is 5.02. The highest BCUT2D eigenvalue weighted by Crippen LogP contribution is 2.26. The number of methoxy groups -OCH3 is 1. The van der Waals surface area contributed by atoms with Crippen LogP contribution < -0.4 is 14.8 Å². The van der Waals surface area contributed by atoms with Gasteiger partial charge in [-0.3, -0.25) is 0 Å². The summed E-state index contributed by atoms with van der Waals surface area (Å²) in [4.78, 5) is 0.0477. The van der Waals surface area contributed by atoms with Crippen molar-refractivity contribution in [1.82, 2.24) is 10.0 Å². The number of sulfonamides is 1. The molecular weight excluding hydrogens is 288 g/mol. The van der Waals surface area contributed by atoms with Crippen LogP contribution in [-0.2, 0) is 10.0 Å². The minimum atomic E-state index is -3.61. The zero-order valence-corrected chi connectivity index (χ0v) is 12.2. The van der Waals surface area contributed by atoms with Crippen LogP contribution in [0.5, 0.6) is 5.75 Å². The maximum absolute atomic E-state index is 12.2. The molecule has 106 valence electrons. The number of hydrogen-bond acceptors (Lipinski definition) is 4. The van der Waals surface area contributed by atoms with E-state index < -0.39 is 10.0 Å². The molecule has 1 atom stereocenters. The molecule has 0 radical (unpaired) electrons. The fourth-order valence-corrected chi connectivity index (χ4v) is 3.63. The summed E-state index contributed by atoms with van der Waals surface area (Å²) in [5.74, 6) is 0.462. The molecule has 5 nitrogen and oxygen atoms in total. The summed E-state index contributed by atoms with van der Waals surface area (Å²) in [6, 6.07) is 4.76. The van der Waals surface area contributed by atoms with Crippen LogP contribution >= 0.6 is 11.6 Å². The van der Waals surface area contributed by atoms with Gasteiger partial charge in [-0.15, -0.1) is 0 Å². The Morgan fingerprint density at radius 2 is 2.32 bits per heavy atom. The van der Waals surface area contributed by atoms with Crippen LogP contribution in [0.3, 0.4) is 0 Å². The zero-order chi connectivity index (χ0) is 13.9. The van der Waals surface area contributed by atoms with E-state index in [1.54, 1.807) is 6.07 Å². The molecule has 2 N–H and O–H groups in total. The van der Waals surface area contributed by atoms with Crippen LogP contribution in [0.1, 0.15) is 12.8 Å². The van der Waals surface area contributed by atoms with Crippen LogP contribution in [-0.4, -0.2) is 34.7 Å². The molecule has 1 aliphatic rings. The smallest absolute Gasteiger partial charge is 0.242 e. The highest BCUT2D eigenvalue weighted by Gasteiger charge is 2.21. The lowest BCUT2D eigenvalue weighted by atomic mass is 10.2. The van der Waals surface area contributed by atoms with Gasteiger partial charge in [0.1, 0.15) is 10.6 Å². The summed E-state index contributed by atoms with van der Waals surface area (Å²) in [5.41, 5.74) is 0. The van der Waals surface area contributed by atoms with Crippen LogP contribution in [0.25, 0.3) is 0 Å². The molecule has 1 aliphatic heterocycles. The number of benzene rings is 1. The molecule has 1 aromatic carbocycles. The van der Waals surface area contributed by atoms with Gasteiger partial charge in [0.2, 0.25) is 10.0 Å². The molecule has 0 aromatic heterocycles. The van der Waals surface area contributed by atoms with Crippen molar-refractivity contribution < 1.29 is 13.2 Å². The van der Waals surface area contributed by atoms with Crippen LogP contribution in [0.4, 0.5) is 0 Å². The van der Waals surface area contributed by atoms with Crippen molar-refractivity contribution >= 4 is 21.6 Å². The maximum atomic E-state index is 12.2. The Labute approximate surface area is 118 Å². The molecule has 1 saturated heterocycles. The Kier molecular flexibility index (Phi) is 4.67. The van der Waals surface area contributed by atoms with Gasteiger partial charge in [0.05, 0.1) is 12.1 Å². The molecular formula is C12H17ClN2O3S. The fraction of sp³-hybridized carbons (Fsp3) is 0.500. The van der Waals surface area contributed by atoms with Crippen molar-refractivity contribution in [3.63, 3.8) is 0 Å². The molecule has 1 heterocycles. The van der Waals surface area contributed by atoms with Gasteiger partial charge >= 0.3 is 0 Å². The first-order valence-electron chi connectivity index (χ1n) is 6.09. The van der Waals surface area contributed by atoms with Gasteiger partial charge in [-0.1, -0.05) is 11.6 Å². The second-order valence-corrected chi connectivity index (χ2v) is 6.58. The molecule has 0 saturated carbocycles. The monoisotopic (exact) mass is 304 g/mol. The summed E-state index contributed by atoms with van der Waals surface area (Å²) in [6.45, 7) is 1.31. The summed E-state index contributed by atoms with van der Waals surface area (Å²) >= 11 is 5.94. The van der Waals surface area contributed by atoms with Crippen LogP contribution in [0.2, 0.25) is 5.02 Å². The molecule has 7 heteroatoms. The van der Waals surface area contributed by atoms with Crippen molar-refractivity contribution in [1.29, 1.82) is 0 Å². The molecule has 0 bridgehead atoms. The van der Waals surface area contributed by atoms with Crippen molar-refractivity contribution in [2.75, 3.05) is 20.2 Å². The Bertz CT molecular complexity index is 542. The molecule has 2 rings (SSSR count). The summed E-state index contributed by atoms with van der Waals surface area (Å²) in [5, 5.41) is 3.42. The number of nitrogens with one attached hydrogen (secondary N) is 2. The van der Waals surface area contributed by atoms with E-state index in [1.807, 2.05) is 0 Å². The van der Waals surface area contributed by atoms with Gasteiger partial charge in [0.25, 0.3) is 0 Å². The van der Waals surface area contributed by atoms with Crippen molar-refractivity contribution in [3.8, 4) is 5.75 Å². The van der Waals surface area contributed by atoms with Gasteiger partial charge < -0.3 is 10.1 Å². The zero-order valence-electron chi connectivity index (χ0n) is 10.6. The van der Waals surface area contributed by atoms with Gasteiger partial charge in [0.15, 0.2) is 0 Å². The van der Waals surface area contributed by atoms with Gasteiger partial charge in [0, 0.05) is 18.7 Å². The quantitative estimate of drug-likeness (QED) is 0.862. The predicted octanol–water partition coefficient (Wildman–Crippen LogP) is 1.38. The molecule has 0 amide bonds. The van der Waals surface area contributed by atoms with E-state index in [0.717, 1.165) is 19.4 Å². The SMILES string of the molecule is COc1ccc(Cl)c(S(=O)(=O)NCC2CCCN2)c1. The molecule has 1 unspecified atom stereocenters. The lowest BCUT2D eigenvalue weighted by molar-refractivity contribution is 0.413. The van der Waals surface area contributed by atoms with Gasteiger partial charge in [-0.05, 0) is 31.5 Å². The summed E-state index contributed by atoms with van der Waals surface area (Å²) in [7, 11) is -2.13. The number of rotatable bonds is 5. The van der Waals surface area contributed by atoms with E-state index >= 15 is 0 Å². The lowest BCUT2D eigenvalue weighted by Gasteiger charge is -2.13. The number of hydrogen-bond donors (Lipinski definition) is 2. The summed E-state index contributed by atoms with van der Waals surface area (Å²) in [6.07, 6.45) is 2.06. The average molecular weight is 305 g/mol. The summed E-state index contributed by atoms with van der Waals surface area (Å²) < 4.78 is 32.0. The predicted molar refractivity (Wildman–Crippen MR) is 74.2 cm³/mol. The van der Waals surface area contributed by atoms with Crippen molar-refractivity contribution in [2.45, 2.75) is 23.8 Å². The van der Waals surface area contributed by atoms with E-state index in [4.69, 9.17) is 16.3 Å². The molecule has 1 fully saturated rings. The van der Waals surface area contributed by atoms with Crippen LogP contribution in [0.15, 0.2) is 23.1 Å². The average Bonchev–Trinajstić information content (AvgIpc) is 2.90. The topological polar surface area (TPSA) is 67.4 Å². The van der Waals surface area contributed by atoms with Gasteiger partial charge in [-0.2, -0.15) is 0 Å². The van der Waals surface area contributed by atoms with Crippen LogP contribution in [0, 0.1) is 0 Å². The first-order valence-corrected chi connectivity index (χ1v) is 7.95. The molecule has 0 spiro atoms. The minimum Gasteiger partial charge on any atom is -0.497 e. The number of halogens is 1. The molecule has 1 aromatic rings. The largest absolute Gasteiger partial charge is 0.497 e.